The number of aromatic nitrogens is 3. The summed E-state index contributed by atoms with van der Waals surface area (Å²) in [4.78, 5) is 32.1. The lowest BCUT2D eigenvalue weighted by molar-refractivity contribution is -0.151. The quantitative estimate of drug-likeness (QED) is 0.0989. The van der Waals surface area contributed by atoms with Crippen LogP contribution >= 0.6 is 18.2 Å². The van der Waals surface area contributed by atoms with E-state index >= 15 is 0 Å². The highest BCUT2D eigenvalue weighted by atomic mass is 32.4. The average Bonchev–Trinajstić information content (AvgIpc) is 3.49. The van der Waals surface area contributed by atoms with Gasteiger partial charge in [-0.3, -0.25) is 14.6 Å². The van der Waals surface area contributed by atoms with Gasteiger partial charge in [-0.15, -0.1) is 0 Å². The Morgan fingerprint density at radius 3 is 2.46 bits per heavy atom. The molecule has 1 unspecified atom stereocenters. The molecule has 0 radical (unpaired) electrons. The molecule has 2 atom stereocenters. The van der Waals surface area contributed by atoms with Crippen LogP contribution in [0.4, 0.5) is 0 Å². The van der Waals surface area contributed by atoms with E-state index in [-0.39, 0.29) is 24.1 Å². The van der Waals surface area contributed by atoms with Gasteiger partial charge in [-0.25, -0.2) is 4.45 Å². The van der Waals surface area contributed by atoms with Gasteiger partial charge < -0.3 is 14.6 Å². The summed E-state index contributed by atoms with van der Waals surface area (Å²) in [5.41, 5.74) is 2.79. The minimum atomic E-state index is -3.19. The number of hydrogen-bond acceptors (Lipinski definition) is 8. The molecule has 6 rings (SSSR count). The van der Waals surface area contributed by atoms with Crippen LogP contribution in [0, 0.1) is 5.92 Å². The third kappa shape index (κ3) is 7.83. The van der Waals surface area contributed by atoms with Crippen molar-refractivity contribution in [2.45, 2.75) is 36.7 Å². The number of esters is 1. The van der Waals surface area contributed by atoms with Crippen LogP contribution < -0.4 is 9.84 Å². The molecule has 0 aliphatic rings. The lowest BCUT2D eigenvalue weighted by Gasteiger charge is -2.27. The van der Waals surface area contributed by atoms with Gasteiger partial charge in [-0.2, -0.15) is 5.10 Å². The molecule has 1 N–H and O–H groups in total. The van der Waals surface area contributed by atoms with E-state index in [1.807, 2.05) is 134 Å². The summed E-state index contributed by atoms with van der Waals surface area (Å²) in [6.07, 6.45) is 2.31. The number of carbonyl (C=O) groups is 2. The number of amides is 1. The molecule has 0 saturated carbocycles. The molecule has 2 heterocycles. The third-order valence-corrected chi connectivity index (χ3v) is 12.5. The van der Waals surface area contributed by atoms with E-state index in [0.29, 0.717) is 17.0 Å². The van der Waals surface area contributed by atoms with Crippen molar-refractivity contribution < 1.29 is 18.8 Å². The molecule has 2 aromatic heterocycles. The number of hydrogen-bond donors (Lipinski definition) is 1. The van der Waals surface area contributed by atoms with Gasteiger partial charge in [-0.1, -0.05) is 73.3 Å². The monoisotopic (exact) mass is 720 g/mol. The molecule has 0 fully saturated rings. The minimum Gasteiger partial charge on any atom is -0.463 e. The van der Waals surface area contributed by atoms with Gasteiger partial charge in [0.05, 0.1) is 34.5 Å². The molecule has 11 heteroatoms. The van der Waals surface area contributed by atoms with Crippen molar-refractivity contribution in [3.8, 4) is 5.75 Å². The van der Waals surface area contributed by atoms with Crippen molar-refractivity contribution in [1.29, 1.82) is 0 Å². The van der Waals surface area contributed by atoms with Crippen molar-refractivity contribution in [2.75, 3.05) is 13.2 Å². The first-order valence-corrected chi connectivity index (χ1v) is 19.9. The normalized spacial score (nSPS) is 13.4. The standard InChI is InChI=1S/C39H37N4O4PS2/c1-26(2)46-39(45)27(3)25-48(49,47-36-17-11-13-28-12-5-6-15-31(28)36)43-35-24-30(50-37-18-8-7-16-33(37)38(44)40-4)20-21-32(35)34(42-43)22-19-29-14-9-10-23-41-29/h5-24,26-27H,25H2,1-4H3,(H,40,44)/b22-19+/t27-,48?/m1/s1. The Morgan fingerprint density at radius 1 is 0.920 bits per heavy atom. The molecule has 1 amide bonds. The molecule has 0 aliphatic heterocycles. The Hall–Kier alpha value is -4.76. The summed E-state index contributed by atoms with van der Waals surface area (Å²) < 4.78 is 14.4. The molecule has 50 heavy (non-hydrogen) atoms. The van der Waals surface area contributed by atoms with Crippen LogP contribution in [0.15, 0.2) is 119 Å². The van der Waals surface area contributed by atoms with E-state index in [9.17, 15) is 9.59 Å². The molecule has 4 aromatic carbocycles. The van der Waals surface area contributed by atoms with Gasteiger partial charge in [0.25, 0.3) is 5.91 Å². The molecule has 0 saturated heterocycles. The maximum Gasteiger partial charge on any atom is 0.309 e. The fraction of sp³-hybridized carbons (Fsp3) is 0.179. The Kier molecular flexibility index (Phi) is 10.8. The van der Waals surface area contributed by atoms with Gasteiger partial charge in [0.15, 0.2) is 0 Å². The summed E-state index contributed by atoms with van der Waals surface area (Å²) in [5.74, 6) is -0.455. The van der Waals surface area contributed by atoms with E-state index in [0.717, 1.165) is 37.2 Å². The maximum atomic E-state index is 13.2. The zero-order chi connectivity index (χ0) is 35.3. The summed E-state index contributed by atoms with van der Waals surface area (Å²) in [7, 11) is 1.62. The number of ether oxygens (including phenoxy) is 1. The van der Waals surface area contributed by atoms with E-state index in [1.54, 1.807) is 19.3 Å². The van der Waals surface area contributed by atoms with Gasteiger partial charge in [0.2, 0.25) is 6.42 Å². The molecule has 0 aliphatic carbocycles. The van der Waals surface area contributed by atoms with Crippen LogP contribution in [0.5, 0.6) is 5.75 Å². The second kappa shape index (κ2) is 15.4. The zero-order valence-electron chi connectivity index (χ0n) is 28.1. The number of pyridine rings is 1. The number of rotatable bonds is 12. The van der Waals surface area contributed by atoms with Crippen LogP contribution in [0.1, 0.15) is 42.5 Å². The van der Waals surface area contributed by atoms with Gasteiger partial charge >= 0.3 is 5.97 Å². The van der Waals surface area contributed by atoms with Crippen LogP contribution in [0.2, 0.25) is 0 Å². The van der Waals surface area contributed by atoms with E-state index in [4.69, 9.17) is 26.2 Å². The lowest BCUT2D eigenvalue weighted by Crippen LogP contribution is -2.24. The van der Waals surface area contributed by atoms with E-state index in [2.05, 4.69) is 10.3 Å². The molecular formula is C39H37N4O4PS2. The molecule has 254 valence electrons. The van der Waals surface area contributed by atoms with Crippen LogP contribution in [0.3, 0.4) is 0 Å². The fourth-order valence-electron chi connectivity index (χ4n) is 5.52. The highest BCUT2D eigenvalue weighted by Crippen LogP contribution is 2.53. The Labute approximate surface area is 301 Å². The van der Waals surface area contributed by atoms with Gasteiger partial charge in [0.1, 0.15) is 5.75 Å². The first-order chi connectivity index (χ1) is 24.1. The first kappa shape index (κ1) is 35.1. The highest BCUT2D eigenvalue weighted by molar-refractivity contribution is 8.11. The topological polar surface area (TPSA) is 95.3 Å². The number of nitrogens with one attached hydrogen (secondary N) is 1. The molecule has 0 spiro atoms. The van der Waals surface area contributed by atoms with Gasteiger partial charge in [0, 0.05) is 40.0 Å². The number of benzene rings is 4. The van der Waals surface area contributed by atoms with Crippen LogP contribution in [-0.4, -0.2) is 45.7 Å². The van der Waals surface area contributed by atoms with Crippen molar-refractivity contribution in [3.05, 3.63) is 126 Å². The van der Waals surface area contributed by atoms with Crippen molar-refractivity contribution >= 4 is 75.7 Å². The summed E-state index contributed by atoms with van der Waals surface area (Å²) >= 11 is 8.05. The van der Waals surface area contributed by atoms with Crippen molar-refractivity contribution in [3.63, 3.8) is 0 Å². The Balaban J connectivity index is 1.52. The average molecular weight is 721 g/mol. The second-order valence-corrected chi connectivity index (χ2v) is 17.0. The summed E-state index contributed by atoms with van der Waals surface area (Å²) in [6.45, 7) is 5.48. The first-order valence-electron chi connectivity index (χ1n) is 16.2. The fourth-order valence-corrected chi connectivity index (χ4v) is 10.1. The van der Waals surface area contributed by atoms with E-state index < -0.39 is 12.3 Å². The minimum absolute atomic E-state index is 0.164. The lowest BCUT2D eigenvalue weighted by atomic mass is 10.1. The van der Waals surface area contributed by atoms with Crippen molar-refractivity contribution in [2.24, 2.45) is 5.92 Å². The van der Waals surface area contributed by atoms with Crippen LogP contribution in [-0.2, 0) is 21.3 Å². The van der Waals surface area contributed by atoms with Crippen molar-refractivity contribution in [1.82, 2.24) is 19.9 Å². The molecule has 6 aromatic rings. The van der Waals surface area contributed by atoms with E-state index in [1.165, 1.54) is 11.8 Å². The van der Waals surface area contributed by atoms with Gasteiger partial charge in [-0.05, 0) is 91.7 Å². The Bertz CT molecular complexity index is 2250. The predicted octanol–water partition coefficient (Wildman–Crippen LogP) is 9.09. The second-order valence-electron chi connectivity index (χ2n) is 12.0. The predicted molar refractivity (Wildman–Crippen MR) is 206 cm³/mol. The smallest absolute Gasteiger partial charge is 0.309 e. The SMILES string of the molecule is CNC(=O)c1ccccc1Sc1ccc2c(/C=C/c3ccccn3)nn(P(=S)(C[C@@H](C)C(=O)OC(C)C)Oc3cccc4ccccc34)c2c1. The largest absolute Gasteiger partial charge is 0.463 e. The molecular weight excluding hydrogens is 684 g/mol. The third-order valence-electron chi connectivity index (χ3n) is 7.89. The number of nitrogens with zero attached hydrogens (tertiary/aromatic N) is 3. The summed E-state index contributed by atoms with van der Waals surface area (Å²) in [5, 5.41) is 10.6. The summed E-state index contributed by atoms with van der Waals surface area (Å²) in [6, 6.07) is 33.1. The Morgan fingerprint density at radius 2 is 1.68 bits per heavy atom. The number of fused-ring (bicyclic) bond motifs is 2. The van der Waals surface area contributed by atoms with Crippen LogP contribution in [0.25, 0.3) is 33.8 Å². The maximum absolute atomic E-state index is 13.2. The molecule has 0 bridgehead atoms. The highest BCUT2D eigenvalue weighted by Gasteiger charge is 2.33. The molecule has 8 nitrogen and oxygen atoms in total. The number of carbonyl (C=O) groups excluding carboxylic acids is 2. The zero-order valence-corrected chi connectivity index (χ0v) is 30.7.